The number of hydrogen-bond donors (Lipinski definition) is 9. The van der Waals surface area contributed by atoms with Gasteiger partial charge in [-0.2, -0.15) is 0 Å². The van der Waals surface area contributed by atoms with Gasteiger partial charge in [-0.05, 0) is 39.0 Å². The molecule has 11 heteroatoms. The normalized spacial score (nSPS) is 11.0. The molecule has 0 radical (unpaired) electrons. The number of carboxylic acid groups (broad SMARTS) is 2. The fourth-order valence-corrected chi connectivity index (χ4v) is 1.62. The Balaban J connectivity index is -0.000000168. The van der Waals surface area contributed by atoms with Gasteiger partial charge in [-0.25, -0.2) is 0 Å². The van der Waals surface area contributed by atoms with E-state index >= 15 is 0 Å². The third-order valence-electron chi connectivity index (χ3n) is 4.12. The van der Waals surface area contributed by atoms with Crippen LogP contribution < -0.4 is 0 Å². The van der Waals surface area contributed by atoms with Gasteiger partial charge < -0.3 is 46.0 Å². The molecule has 0 heterocycles. The molecular formula is C21H46O11. The molecule has 0 saturated carbocycles. The molecule has 0 aromatic heterocycles. The van der Waals surface area contributed by atoms with E-state index in [-0.39, 0.29) is 52.5 Å². The molecule has 0 amide bonds. The minimum atomic E-state index is -0.870. The van der Waals surface area contributed by atoms with Gasteiger partial charge in [-0.15, -0.1) is 0 Å². The highest BCUT2D eigenvalue weighted by Crippen LogP contribution is 2.18. The average molecular weight is 475 g/mol. The first-order valence-electron chi connectivity index (χ1n) is 10.8. The van der Waals surface area contributed by atoms with Crippen molar-refractivity contribution in [3.05, 3.63) is 0 Å². The molecule has 32 heavy (non-hydrogen) atoms. The van der Waals surface area contributed by atoms with Gasteiger partial charge in [-0.1, -0.05) is 19.8 Å². The van der Waals surface area contributed by atoms with E-state index in [1.165, 1.54) is 6.92 Å². The third-order valence-corrected chi connectivity index (χ3v) is 4.12. The van der Waals surface area contributed by atoms with Crippen molar-refractivity contribution in [1.82, 2.24) is 0 Å². The highest BCUT2D eigenvalue weighted by atomic mass is 16.4. The Labute approximate surface area is 191 Å². The van der Waals surface area contributed by atoms with E-state index in [0.717, 1.165) is 25.7 Å². The van der Waals surface area contributed by atoms with E-state index in [2.05, 4.69) is 0 Å². The quantitative estimate of drug-likeness (QED) is 0.143. The van der Waals surface area contributed by atoms with E-state index in [9.17, 15) is 9.59 Å². The first-order chi connectivity index (χ1) is 15.1. The first kappa shape index (κ1) is 37.9. The maximum atomic E-state index is 9.90. The number of hydrogen-bond acceptors (Lipinski definition) is 9. The molecule has 0 aromatic rings. The molecule has 0 aromatic carbocycles. The van der Waals surface area contributed by atoms with Gasteiger partial charge in [-0.3, -0.25) is 9.59 Å². The largest absolute Gasteiger partial charge is 0.481 e. The van der Waals surface area contributed by atoms with E-state index in [0.29, 0.717) is 19.3 Å². The lowest BCUT2D eigenvalue weighted by Gasteiger charge is -2.24. The fourth-order valence-electron chi connectivity index (χ4n) is 1.62. The molecule has 0 fully saturated rings. The number of aliphatic carboxylic acids is 2. The molecule has 196 valence electrons. The monoisotopic (exact) mass is 474 g/mol. The lowest BCUT2D eigenvalue weighted by atomic mass is 9.88. The van der Waals surface area contributed by atoms with Crippen molar-refractivity contribution in [3.8, 4) is 0 Å². The molecule has 1 atom stereocenters. The van der Waals surface area contributed by atoms with Crippen LogP contribution in [0.1, 0.15) is 71.6 Å². The number of rotatable bonds is 15. The van der Waals surface area contributed by atoms with Crippen LogP contribution in [0.25, 0.3) is 0 Å². The molecular weight excluding hydrogens is 428 g/mol. The summed E-state index contributed by atoms with van der Waals surface area (Å²) in [5.41, 5.74) is -0.667. The minimum Gasteiger partial charge on any atom is -0.481 e. The fraction of sp³-hybridized carbons (Fsp3) is 0.905. The summed E-state index contributed by atoms with van der Waals surface area (Å²) in [6.07, 6.45) is 4.88. The second-order valence-electron chi connectivity index (χ2n) is 7.22. The highest BCUT2D eigenvalue weighted by molar-refractivity contribution is 5.67. The molecule has 0 saturated heterocycles. The summed E-state index contributed by atoms with van der Waals surface area (Å²) in [7, 11) is 0. The number of aliphatic hydroxyl groups excluding tert-OH is 7. The lowest BCUT2D eigenvalue weighted by Crippen LogP contribution is -2.32. The molecule has 1 unspecified atom stereocenters. The number of carboxylic acids is 2. The van der Waals surface area contributed by atoms with Crippen molar-refractivity contribution < 1.29 is 55.5 Å². The van der Waals surface area contributed by atoms with Gasteiger partial charge in [0, 0.05) is 31.5 Å². The number of carbonyl (C=O) groups is 2. The van der Waals surface area contributed by atoms with Gasteiger partial charge in [0.2, 0.25) is 0 Å². The van der Waals surface area contributed by atoms with Gasteiger partial charge in [0.25, 0.3) is 0 Å². The molecule has 0 aliphatic heterocycles. The summed E-state index contributed by atoms with van der Waals surface area (Å²) in [6, 6.07) is 0. The highest BCUT2D eigenvalue weighted by Gasteiger charge is 2.24. The van der Waals surface area contributed by atoms with Crippen LogP contribution in [0.2, 0.25) is 0 Å². The zero-order valence-corrected chi connectivity index (χ0v) is 19.5. The second-order valence-corrected chi connectivity index (χ2v) is 7.22. The van der Waals surface area contributed by atoms with Crippen molar-refractivity contribution in [2.75, 3.05) is 39.6 Å². The average Bonchev–Trinajstić information content (AvgIpc) is 2.77. The molecule has 11 nitrogen and oxygen atoms in total. The smallest absolute Gasteiger partial charge is 0.303 e. The Hall–Kier alpha value is -1.34. The maximum absolute atomic E-state index is 9.90. The summed E-state index contributed by atoms with van der Waals surface area (Å²) < 4.78 is 0. The molecule has 0 aliphatic rings. The molecule has 0 spiro atoms. The summed E-state index contributed by atoms with van der Waals surface area (Å²) >= 11 is 0. The van der Waals surface area contributed by atoms with E-state index in [4.69, 9.17) is 46.0 Å². The van der Waals surface area contributed by atoms with Crippen LogP contribution in [0.4, 0.5) is 0 Å². The van der Waals surface area contributed by atoms with E-state index < -0.39 is 23.5 Å². The van der Waals surface area contributed by atoms with Crippen LogP contribution in [0.3, 0.4) is 0 Å². The molecule has 0 rings (SSSR count). The van der Waals surface area contributed by atoms with Crippen LogP contribution >= 0.6 is 0 Å². The Morgan fingerprint density at radius 1 is 0.688 bits per heavy atom. The van der Waals surface area contributed by atoms with Crippen LogP contribution in [-0.4, -0.2) is 104 Å². The molecule has 9 N–H and O–H groups in total. The van der Waals surface area contributed by atoms with Crippen LogP contribution in [-0.2, 0) is 9.59 Å². The maximum Gasteiger partial charge on any atom is 0.303 e. The van der Waals surface area contributed by atoms with Crippen molar-refractivity contribution in [2.24, 2.45) is 5.41 Å². The summed E-state index contributed by atoms with van der Waals surface area (Å²) in [4.78, 5) is 19.8. The third kappa shape index (κ3) is 36.1. The summed E-state index contributed by atoms with van der Waals surface area (Å²) in [5, 5.41) is 74.8. The Morgan fingerprint density at radius 3 is 1.12 bits per heavy atom. The van der Waals surface area contributed by atoms with Crippen molar-refractivity contribution in [2.45, 2.75) is 77.7 Å². The van der Waals surface area contributed by atoms with Crippen LogP contribution in [0, 0.1) is 5.41 Å². The zero-order valence-electron chi connectivity index (χ0n) is 19.5. The minimum absolute atomic E-state index is 0.0628. The van der Waals surface area contributed by atoms with Crippen molar-refractivity contribution >= 4 is 11.9 Å². The predicted octanol–water partition coefficient (Wildman–Crippen LogP) is -0.0334. The molecule has 0 bridgehead atoms. The number of unbranched alkanes of at least 4 members (excludes halogenated alkanes) is 4. The number of aliphatic hydroxyl groups is 7. The standard InChI is InChI=1S/C6H10O4.C6H14O3.C6H14O2.C3H8O2/c7-5(8)3-1-2-4-6(9)10;1-2-6(3-7,4-8)5-9;7-5-3-1-2-4-6-8;1-3(5)2-4/h1-4H2,(H,7,8)(H,9,10);7-9H,2-5H2,1H3;7-8H,1-6H2;3-5H,2H2,1H3. The Morgan fingerprint density at radius 2 is 1.00 bits per heavy atom. The predicted molar refractivity (Wildman–Crippen MR) is 119 cm³/mol. The first-order valence-corrected chi connectivity index (χ1v) is 10.8. The Bertz CT molecular complexity index is 346. The van der Waals surface area contributed by atoms with Crippen molar-refractivity contribution in [3.63, 3.8) is 0 Å². The SMILES string of the molecule is CC(O)CO.CCC(CO)(CO)CO.O=C(O)CCCCC(=O)O.OCCCCCCO. The van der Waals surface area contributed by atoms with Crippen LogP contribution in [0.15, 0.2) is 0 Å². The second kappa shape index (κ2) is 29.7. The zero-order chi connectivity index (χ0) is 25.8. The van der Waals surface area contributed by atoms with Gasteiger partial charge >= 0.3 is 11.9 Å². The topological polar surface area (TPSA) is 216 Å². The van der Waals surface area contributed by atoms with Crippen molar-refractivity contribution in [1.29, 1.82) is 0 Å². The van der Waals surface area contributed by atoms with E-state index in [1.807, 2.05) is 6.92 Å². The van der Waals surface area contributed by atoms with Gasteiger partial charge in [0.05, 0.1) is 32.5 Å². The lowest BCUT2D eigenvalue weighted by molar-refractivity contribution is -0.139. The van der Waals surface area contributed by atoms with E-state index in [1.54, 1.807) is 0 Å². The molecule has 0 aliphatic carbocycles. The summed E-state index contributed by atoms with van der Waals surface area (Å²) in [5.74, 6) is -1.74. The van der Waals surface area contributed by atoms with Crippen LogP contribution in [0.5, 0.6) is 0 Å². The Kier molecular flexibility index (Phi) is 35.2. The van der Waals surface area contributed by atoms with Gasteiger partial charge in [0.1, 0.15) is 0 Å². The summed E-state index contributed by atoms with van der Waals surface area (Å²) in [6.45, 7) is 3.31. The van der Waals surface area contributed by atoms with Gasteiger partial charge in [0.15, 0.2) is 0 Å².